The molecule has 0 radical (unpaired) electrons. The number of anilines is 1. The van der Waals surface area contributed by atoms with Gasteiger partial charge in [-0.15, -0.1) is 0 Å². The van der Waals surface area contributed by atoms with Gasteiger partial charge in [0.25, 0.3) is 5.56 Å². The van der Waals surface area contributed by atoms with Gasteiger partial charge in [0.1, 0.15) is 29.1 Å². The van der Waals surface area contributed by atoms with Gasteiger partial charge in [-0.1, -0.05) is 12.1 Å². The first-order valence-electron chi connectivity index (χ1n) is 6.03. The van der Waals surface area contributed by atoms with Gasteiger partial charge in [0.15, 0.2) is 11.6 Å². The monoisotopic (exact) mass is 316 g/mol. The van der Waals surface area contributed by atoms with E-state index in [0.717, 1.165) is 12.1 Å². The minimum absolute atomic E-state index is 0.405. The van der Waals surface area contributed by atoms with E-state index in [9.17, 15) is 13.6 Å². The molecule has 0 atom stereocenters. The molecule has 2 rings (SSSR count). The molecule has 0 spiro atoms. The number of nitrogen functional groups attached to an aromatic ring is 1. The fourth-order valence-corrected chi connectivity index (χ4v) is 2.07. The maximum absolute atomic E-state index is 14.2. The number of nitrogens with zero attached hydrogens (tertiary/aromatic N) is 2. The Hall–Kier alpha value is -3.21. The number of H-pyrrole nitrogens is 1. The van der Waals surface area contributed by atoms with E-state index in [1.807, 2.05) is 0 Å². The normalized spacial score (nSPS) is 10.0. The molecule has 10 heteroatoms. The van der Waals surface area contributed by atoms with Crippen LogP contribution < -0.4 is 16.8 Å². The summed E-state index contributed by atoms with van der Waals surface area (Å²) in [5.41, 5.74) is 1.71. The number of aromatic nitrogens is 1. The predicted molar refractivity (Wildman–Crippen MR) is 76.1 cm³/mol. The summed E-state index contributed by atoms with van der Waals surface area (Å²) >= 11 is 0. The number of benzene rings is 1. The van der Waals surface area contributed by atoms with Crippen molar-refractivity contribution < 1.29 is 18.8 Å². The van der Waals surface area contributed by atoms with Crippen LogP contribution in [0.4, 0.5) is 14.6 Å². The second-order valence-electron chi connectivity index (χ2n) is 4.42. The zero-order valence-electron chi connectivity index (χ0n) is 11.3. The molecule has 0 aliphatic heterocycles. The average molecular weight is 316 g/mol. The number of pyridine rings is 1. The number of rotatable bonds is 2. The summed E-state index contributed by atoms with van der Waals surface area (Å²) in [6.07, 6.45) is 0. The highest BCUT2D eigenvalue weighted by Crippen LogP contribution is 2.30. The van der Waals surface area contributed by atoms with Crippen LogP contribution in [0.3, 0.4) is 0 Å². The molecule has 23 heavy (non-hydrogen) atoms. The van der Waals surface area contributed by atoms with Crippen molar-refractivity contribution in [3.63, 3.8) is 0 Å². The van der Waals surface area contributed by atoms with Crippen molar-refractivity contribution in [1.29, 1.82) is 10.5 Å². The summed E-state index contributed by atoms with van der Waals surface area (Å²) in [5, 5.41) is 36.1. The molecule has 0 unspecified atom stereocenters. The molecule has 1 aromatic carbocycles. The smallest absolute Gasteiger partial charge is 0.423 e. The van der Waals surface area contributed by atoms with E-state index in [2.05, 4.69) is 4.98 Å². The van der Waals surface area contributed by atoms with E-state index >= 15 is 0 Å². The van der Waals surface area contributed by atoms with E-state index in [4.69, 9.17) is 26.3 Å². The zero-order chi connectivity index (χ0) is 17.3. The number of hydrogen-bond donors (Lipinski definition) is 4. The van der Waals surface area contributed by atoms with Crippen molar-refractivity contribution in [3.8, 4) is 23.3 Å². The number of halogens is 2. The van der Waals surface area contributed by atoms with Gasteiger partial charge in [0.05, 0.1) is 0 Å². The topological polar surface area (TPSA) is 147 Å². The molecule has 114 valence electrons. The van der Waals surface area contributed by atoms with Gasteiger partial charge < -0.3 is 20.8 Å². The molecular formula is C13H7BF2N4O3. The van der Waals surface area contributed by atoms with Crippen LogP contribution >= 0.6 is 0 Å². The Labute approximate surface area is 128 Å². The van der Waals surface area contributed by atoms with Crippen LogP contribution in [-0.2, 0) is 0 Å². The van der Waals surface area contributed by atoms with Crippen LogP contribution in [0, 0.1) is 34.3 Å². The van der Waals surface area contributed by atoms with Crippen LogP contribution in [0.2, 0.25) is 0 Å². The van der Waals surface area contributed by atoms with E-state index < -0.39 is 57.8 Å². The minimum atomic E-state index is -2.26. The van der Waals surface area contributed by atoms with Gasteiger partial charge in [-0.2, -0.15) is 10.5 Å². The fraction of sp³-hybridized carbons (Fsp3) is 0. The molecule has 7 nitrogen and oxygen atoms in total. The summed E-state index contributed by atoms with van der Waals surface area (Å²) < 4.78 is 28.1. The second kappa shape index (κ2) is 5.89. The Morgan fingerprint density at radius 3 is 2.26 bits per heavy atom. The Morgan fingerprint density at radius 2 is 1.74 bits per heavy atom. The quantitative estimate of drug-likeness (QED) is 0.540. The highest BCUT2D eigenvalue weighted by Gasteiger charge is 2.26. The van der Waals surface area contributed by atoms with Gasteiger partial charge in [0, 0.05) is 16.6 Å². The number of nitriles is 2. The molecule has 1 aromatic heterocycles. The van der Waals surface area contributed by atoms with E-state index in [1.165, 1.54) is 6.07 Å². The Balaban J connectivity index is 2.94. The van der Waals surface area contributed by atoms with Gasteiger partial charge >= 0.3 is 7.12 Å². The highest BCUT2D eigenvalue weighted by molar-refractivity contribution is 6.58. The molecule has 0 bridgehead atoms. The third-order valence-corrected chi connectivity index (χ3v) is 3.13. The van der Waals surface area contributed by atoms with Crippen molar-refractivity contribution >= 4 is 18.4 Å². The number of hydrogen-bond acceptors (Lipinski definition) is 6. The van der Waals surface area contributed by atoms with Gasteiger partial charge in [-0.25, -0.2) is 8.78 Å². The Bertz CT molecular complexity index is 944. The van der Waals surface area contributed by atoms with Gasteiger partial charge in [0.2, 0.25) is 0 Å². The SMILES string of the molecule is N#Cc1c(N)[nH]c(=O)c(C#N)c1-c1ccc(B(O)O)c(F)c1F. The summed E-state index contributed by atoms with van der Waals surface area (Å²) in [5.74, 6) is -3.53. The number of nitrogens with two attached hydrogens (primary N) is 1. The van der Waals surface area contributed by atoms with Crippen molar-refractivity contribution in [2.75, 3.05) is 5.73 Å². The first-order valence-corrected chi connectivity index (χ1v) is 6.03. The Morgan fingerprint density at radius 1 is 1.13 bits per heavy atom. The molecule has 0 aliphatic carbocycles. The van der Waals surface area contributed by atoms with Crippen molar-refractivity contribution in [2.45, 2.75) is 0 Å². The predicted octanol–water partition coefficient (Wildman–Crippen LogP) is -0.675. The van der Waals surface area contributed by atoms with Crippen LogP contribution in [0.25, 0.3) is 11.1 Å². The first kappa shape index (κ1) is 16.2. The van der Waals surface area contributed by atoms with Gasteiger partial charge in [-0.3, -0.25) is 4.79 Å². The maximum Gasteiger partial charge on any atom is 0.491 e. The number of aromatic amines is 1. The molecule has 0 fully saturated rings. The summed E-state index contributed by atoms with van der Waals surface area (Å²) in [4.78, 5) is 13.8. The lowest BCUT2D eigenvalue weighted by Gasteiger charge is -2.11. The molecular weight excluding hydrogens is 309 g/mol. The summed E-state index contributed by atoms with van der Waals surface area (Å²) in [6, 6.07) is 4.90. The van der Waals surface area contributed by atoms with Gasteiger partial charge in [-0.05, 0) is 0 Å². The second-order valence-corrected chi connectivity index (χ2v) is 4.42. The average Bonchev–Trinajstić information content (AvgIpc) is 2.49. The largest absolute Gasteiger partial charge is 0.491 e. The van der Waals surface area contributed by atoms with Crippen LogP contribution in [0.15, 0.2) is 16.9 Å². The fourth-order valence-electron chi connectivity index (χ4n) is 2.07. The number of nitrogens with one attached hydrogen (secondary N) is 1. The molecule has 0 aliphatic rings. The summed E-state index contributed by atoms with van der Waals surface area (Å²) in [6.45, 7) is 0. The third-order valence-electron chi connectivity index (χ3n) is 3.13. The first-order chi connectivity index (χ1) is 10.8. The lowest BCUT2D eigenvalue weighted by atomic mass is 9.78. The van der Waals surface area contributed by atoms with Crippen LogP contribution in [-0.4, -0.2) is 22.2 Å². The third kappa shape index (κ3) is 2.53. The standard InChI is InChI=1S/C13H7BF2N4O3/c15-10-5(1-2-8(11(10)16)14(22)23)9-6(3-17)12(19)20-13(21)7(9)4-18/h1-2,22-23H,(H3,19,20,21). The highest BCUT2D eigenvalue weighted by atomic mass is 19.2. The maximum atomic E-state index is 14.2. The molecule has 0 saturated carbocycles. The molecule has 5 N–H and O–H groups in total. The van der Waals surface area contributed by atoms with E-state index in [0.29, 0.717) is 0 Å². The molecule has 2 aromatic rings. The lowest BCUT2D eigenvalue weighted by molar-refractivity contribution is 0.420. The molecule has 1 heterocycles. The minimum Gasteiger partial charge on any atom is -0.423 e. The van der Waals surface area contributed by atoms with E-state index in [1.54, 1.807) is 6.07 Å². The van der Waals surface area contributed by atoms with Crippen molar-refractivity contribution in [3.05, 3.63) is 45.2 Å². The van der Waals surface area contributed by atoms with Crippen LogP contribution in [0.1, 0.15) is 11.1 Å². The Kier molecular flexibility index (Phi) is 4.14. The van der Waals surface area contributed by atoms with E-state index in [-0.39, 0.29) is 0 Å². The van der Waals surface area contributed by atoms with Crippen molar-refractivity contribution in [1.82, 2.24) is 4.98 Å². The lowest BCUT2D eigenvalue weighted by Crippen LogP contribution is -2.33. The molecule has 0 amide bonds. The van der Waals surface area contributed by atoms with Crippen LogP contribution in [0.5, 0.6) is 0 Å². The van der Waals surface area contributed by atoms with Crippen molar-refractivity contribution in [2.24, 2.45) is 0 Å². The summed E-state index contributed by atoms with van der Waals surface area (Å²) in [7, 11) is -2.26. The molecule has 0 saturated heterocycles. The zero-order valence-corrected chi connectivity index (χ0v) is 11.3.